The third kappa shape index (κ3) is 11.6. The summed E-state index contributed by atoms with van der Waals surface area (Å²) in [7, 11) is 0. The van der Waals surface area contributed by atoms with Crippen LogP contribution in [0.15, 0.2) is 22.4 Å². The lowest BCUT2D eigenvalue weighted by Crippen LogP contribution is -2.49. The van der Waals surface area contributed by atoms with Gasteiger partial charge < -0.3 is 28.1 Å². The number of anilines is 1. The fourth-order valence-corrected chi connectivity index (χ4v) is 6.93. The van der Waals surface area contributed by atoms with Crippen LogP contribution in [0.1, 0.15) is 63.1 Å². The van der Waals surface area contributed by atoms with E-state index in [9.17, 15) is 5.26 Å². The maximum Gasteiger partial charge on any atom is 0.229 e. The third-order valence-corrected chi connectivity index (χ3v) is 11.3. The van der Waals surface area contributed by atoms with Gasteiger partial charge in [-0.25, -0.2) is 4.85 Å². The van der Waals surface area contributed by atoms with E-state index in [1.165, 1.54) is 11.3 Å². The molecule has 11 heteroatoms. The molecule has 2 rings (SSSR count). The number of rotatable bonds is 24. The Labute approximate surface area is 294 Å². The fraction of sp³-hybridized carbons (Fsp3) is 0.676. The maximum atomic E-state index is 9.39. The Morgan fingerprint density at radius 2 is 1.25 bits per heavy atom. The minimum absolute atomic E-state index is 0.394. The number of aryl methyl sites for hydroxylation is 2. The molecule has 0 unspecified atom stereocenters. The number of likely N-dealkylation sites (N-methyl/N-ethyl adjacent to an activating group) is 2. The van der Waals surface area contributed by atoms with E-state index >= 15 is 0 Å². The summed E-state index contributed by atoms with van der Waals surface area (Å²) >= 11 is 1.21. The lowest BCUT2D eigenvalue weighted by Gasteiger charge is -2.35. The summed E-state index contributed by atoms with van der Waals surface area (Å²) in [6.07, 6.45) is 0. The molecule has 0 radical (unpaired) electrons. The van der Waals surface area contributed by atoms with Crippen LogP contribution in [-0.2, 0) is 14.2 Å². The van der Waals surface area contributed by atoms with Crippen molar-refractivity contribution in [3.63, 3.8) is 0 Å². The average molecular weight is 684 g/mol. The average Bonchev–Trinajstić information content (AvgIpc) is 3.42. The first-order valence-corrected chi connectivity index (χ1v) is 18.6. The van der Waals surface area contributed by atoms with Gasteiger partial charge in [-0.3, -0.25) is 0 Å². The molecular formula is C37H61N7O3S+2. The van der Waals surface area contributed by atoms with Gasteiger partial charge in [-0.1, -0.05) is 0 Å². The monoisotopic (exact) mass is 683 g/mol. The molecule has 0 atom stereocenters. The molecular weight excluding hydrogens is 623 g/mol. The Bertz CT molecular complexity index is 1350. The van der Waals surface area contributed by atoms with Crippen LogP contribution in [0.5, 0.6) is 0 Å². The number of ether oxygens (including phenoxy) is 3. The molecule has 266 valence electrons. The highest BCUT2D eigenvalue weighted by atomic mass is 32.1. The van der Waals surface area contributed by atoms with E-state index in [1.807, 2.05) is 13.0 Å². The Hall–Kier alpha value is -2.90. The number of benzene rings is 1. The van der Waals surface area contributed by atoms with E-state index < -0.39 is 0 Å². The molecule has 1 aromatic heterocycles. The van der Waals surface area contributed by atoms with Crippen molar-refractivity contribution in [1.82, 2.24) is 0 Å². The van der Waals surface area contributed by atoms with Gasteiger partial charge in [-0.05, 0) is 91.1 Å². The van der Waals surface area contributed by atoms with Crippen LogP contribution < -0.4 is 4.90 Å². The van der Waals surface area contributed by atoms with Gasteiger partial charge in [0.2, 0.25) is 5.69 Å². The Morgan fingerprint density at radius 1 is 0.750 bits per heavy atom. The smallest absolute Gasteiger partial charge is 0.229 e. The predicted octanol–water partition coefficient (Wildman–Crippen LogP) is 8.12. The van der Waals surface area contributed by atoms with Crippen LogP contribution in [0.3, 0.4) is 0 Å². The summed E-state index contributed by atoms with van der Waals surface area (Å²) in [5, 5.41) is 18.8. The molecule has 0 aliphatic carbocycles. The van der Waals surface area contributed by atoms with Crippen molar-refractivity contribution in [2.75, 3.05) is 110 Å². The van der Waals surface area contributed by atoms with Crippen molar-refractivity contribution in [3.05, 3.63) is 45.1 Å². The summed E-state index contributed by atoms with van der Waals surface area (Å²) in [4.78, 5) is 6.42. The Kier molecular flexibility index (Phi) is 18.3. The Balaban J connectivity index is 2.10. The summed E-state index contributed by atoms with van der Waals surface area (Å²) < 4.78 is 20.3. The highest BCUT2D eigenvalue weighted by molar-refractivity contribution is 7.17. The third-order valence-electron chi connectivity index (χ3n) is 10.2. The number of hydrogen-bond donors (Lipinski definition) is 0. The number of nitriles is 1. The van der Waals surface area contributed by atoms with E-state index in [2.05, 4.69) is 80.6 Å². The molecule has 0 saturated heterocycles. The molecule has 0 spiro atoms. The van der Waals surface area contributed by atoms with Gasteiger partial charge >= 0.3 is 0 Å². The van der Waals surface area contributed by atoms with Crippen molar-refractivity contribution < 1.29 is 23.2 Å². The second-order valence-corrected chi connectivity index (χ2v) is 13.4. The molecule has 0 amide bonds. The van der Waals surface area contributed by atoms with Gasteiger partial charge in [0.15, 0.2) is 0 Å². The van der Waals surface area contributed by atoms with E-state index in [-0.39, 0.29) is 0 Å². The van der Waals surface area contributed by atoms with Crippen LogP contribution >= 0.6 is 11.3 Å². The highest BCUT2D eigenvalue weighted by Crippen LogP contribution is 2.42. The number of thiophene rings is 1. The van der Waals surface area contributed by atoms with Crippen LogP contribution in [0.2, 0.25) is 0 Å². The zero-order chi connectivity index (χ0) is 35.6. The summed E-state index contributed by atoms with van der Waals surface area (Å²) in [5.41, 5.74) is 4.97. The quantitative estimate of drug-likeness (QED) is 0.0483. The van der Waals surface area contributed by atoms with Crippen molar-refractivity contribution in [2.24, 2.45) is 10.2 Å². The molecule has 0 saturated carbocycles. The summed E-state index contributed by atoms with van der Waals surface area (Å²) in [6.45, 7) is 41.1. The predicted molar refractivity (Wildman–Crippen MR) is 198 cm³/mol. The van der Waals surface area contributed by atoms with Crippen LogP contribution in [-0.4, -0.2) is 114 Å². The molecule has 48 heavy (non-hydrogen) atoms. The van der Waals surface area contributed by atoms with E-state index in [0.29, 0.717) is 47.6 Å². The zero-order valence-electron chi connectivity index (χ0n) is 31.2. The van der Waals surface area contributed by atoms with Crippen molar-refractivity contribution in [3.8, 4) is 6.07 Å². The molecule has 0 aliphatic heterocycles. The van der Waals surface area contributed by atoms with Crippen LogP contribution in [0.4, 0.5) is 22.1 Å². The molecule has 1 aromatic carbocycles. The molecule has 0 N–H and O–H groups in total. The molecule has 10 nitrogen and oxygen atoms in total. The minimum Gasteiger partial charge on any atom is -0.377 e. The first kappa shape index (κ1) is 41.3. The van der Waals surface area contributed by atoms with Gasteiger partial charge in [0.05, 0.1) is 96.0 Å². The van der Waals surface area contributed by atoms with Crippen molar-refractivity contribution >= 4 is 33.4 Å². The van der Waals surface area contributed by atoms with Crippen LogP contribution in [0, 0.1) is 38.7 Å². The topological polar surface area (TPSA) is 83.8 Å². The first-order valence-electron chi connectivity index (χ1n) is 17.7. The van der Waals surface area contributed by atoms with E-state index in [4.69, 9.17) is 20.8 Å². The highest BCUT2D eigenvalue weighted by Gasteiger charge is 2.21. The zero-order valence-corrected chi connectivity index (χ0v) is 32.0. The number of azo groups is 1. The Morgan fingerprint density at radius 3 is 1.73 bits per heavy atom. The van der Waals surface area contributed by atoms with E-state index in [0.717, 1.165) is 110 Å². The normalized spacial score (nSPS) is 12.1. The number of nitrogens with zero attached hydrogens (tertiary/aromatic N) is 7. The fourth-order valence-electron chi connectivity index (χ4n) is 6.06. The lowest BCUT2D eigenvalue weighted by molar-refractivity contribution is -0.923. The SMILES string of the molecule is [C-]#[N+]c1c(N=Nc2cc(C)c(N(CCOCCOCC[N+](CC)(CC)CC)CCOCC[N+](CC)(CC)CC)cc2C)sc(C#N)c1C. The molecule has 0 fully saturated rings. The molecule has 1 heterocycles. The van der Waals surface area contributed by atoms with Gasteiger partial charge in [-0.2, -0.15) is 15.5 Å². The minimum atomic E-state index is 0.394. The van der Waals surface area contributed by atoms with Gasteiger partial charge in [0.25, 0.3) is 0 Å². The number of hydrogen-bond acceptors (Lipinski definition) is 8. The molecule has 0 aliphatic rings. The lowest BCUT2D eigenvalue weighted by atomic mass is 10.1. The van der Waals surface area contributed by atoms with Crippen LogP contribution in [0.25, 0.3) is 4.85 Å². The number of quaternary nitrogens is 2. The molecule has 2 aromatic rings. The molecule has 0 bridgehead atoms. The van der Waals surface area contributed by atoms with Crippen molar-refractivity contribution in [1.29, 1.82) is 5.26 Å². The second-order valence-electron chi connectivity index (χ2n) is 12.4. The maximum absolute atomic E-state index is 9.39. The first-order chi connectivity index (χ1) is 23.1. The standard InChI is InChI=1S/C37H61N7O3S/c1-11-43(12-2,13-3)19-23-45-21-17-42(18-22-46-25-26-47-24-20-44(14-4,15-5)16-6)34-28-30(7)33(27-31(34)8)40-41-37-36(39-10)32(9)35(29-38)48-37/h27-28H,11-26H2,1-9H3/q+2. The summed E-state index contributed by atoms with van der Waals surface area (Å²) in [5.74, 6) is 0. The second kappa shape index (κ2) is 21.2. The largest absolute Gasteiger partial charge is 0.377 e. The van der Waals surface area contributed by atoms with Gasteiger partial charge in [0, 0.05) is 18.8 Å². The van der Waals surface area contributed by atoms with Crippen molar-refractivity contribution in [2.45, 2.75) is 62.3 Å². The summed E-state index contributed by atoms with van der Waals surface area (Å²) in [6, 6.07) is 6.34. The van der Waals surface area contributed by atoms with Gasteiger partial charge in [-0.15, -0.1) is 11.3 Å². The van der Waals surface area contributed by atoms with E-state index in [1.54, 1.807) is 6.92 Å². The van der Waals surface area contributed by atoms with Gasteiger partial charge in [0.1, 0.15) is 24.2 Å².